The lowest BCUT2D eigenvalue weighted by Crippen LogP contribution is -2.39. The Balaban J connectivity index is 3.91. The highest BCUT2D eigenvalue weighted by molar-refractivity contribution is 5.79. The van der Waals surface area contributed by atoms with Gasteiger partial charge in [0, 0.05) is 5.92 Å². The van der Waals surface area contributed by atoms with Gasteiger partial charge in [-0.3, -0.25) is 4.79 Å². The highest BCUT2D eigenvalue weighted by atomic mass is 16.4. The summed E-state index contributed by atoms with van der Waals surface area (Å²) in [5.74, 6) is -1.56. The molecule has 0 rings (SSSR count). The summed E-state index contributed by atoms with van der Waals surface area (Å²) in [5, 5.41) is 19.6. The van der Waals surface area contributed by atoms with Gasteiger partial charge in [0.05, 0.1) is 6.54 Å². The Morgan fingerprint density at radius 1 is 1.29 bits per heavy atom. The summed E-state index contributed by atoms with van der Waals surface area (Å²) >= 11 is 0. The van der Waals surface area contributed by atoms with E-state index in [0.717, 1.165) is 0 Å². The summed E-state index contributed by atoms with van der Waals surface area (Å²) in [4.78, 5) is 21.5. The number of aliphatic hydroxyl groups excluding tert-OH is 1. The summed E-state index contributed by atoms with van der Waals surface area (Å²) in [7, 11) is 0. The normalized spacial score (nSPS) is 14.9. The minimum atomic E-state index is -1.53. The summed E-state index contributed by atoms with van der Waals surface area (Å²) in [6, 6.07) is 0. The Labute approximate surface area is 83.1 Å². The Morgan fingerprint density at radius 3 is 2.14 bits per heavy atom. The summed E-state index contributed by atoms with van der Waals surface area (Å²) in [6.45, 7) is 5.31. The second-order valence-corrected chi connectivity index (χ2v) is 3.63. The molecule has 2 atom stereocenters. The molecule has 1 unspecified atom stereocenters. The van der Waals surface area contributed by atoms with Crippen LogP contribution in [0.1, 0.15) is 20.8 Å². The standard InChI is InChI=1S/C9H17NO4/c1-5(2)6(3)8(12)10-4-7(11)9(13)14/h5-7,11H,4H2,1-3H3,(H,10,12)(H,13,14)/t6?,7-/m0/s1. The topological polar surface area (TPSA) is 86.6 Å². The molecular weight excluding hydrogens is 186 g/mol. The maximum Gasteiger partial charge on any atom is 0.334 e. The number of nitrogens with one attached hydrogen (secondary N) is 1. The first-order chi connectivity index (χ1) is 6.36. The molecule has 14 heavy (non-hydrogen) atoms. The largest absolute Gasteiger partial charge is 0.479 e. The van der Waals surface area contributed by atoms with Crippen LogP contribution in [0.25, 0.3) is 0 Å². The second-order valence-electron chi connectivity index (χ2n) is 3.63. The number of carboxylic acid groups (broad SMARTS) is 1. The average Bonchev–Trinajstić information content (AvgIpc) is 2.11. The third-order valence-corrected chi connectivity index (χ3v) is 2.17. The third-order valence-electron chi connectivity index (χ3n) is 2.17. The zero-order chi connectivity index (χ0) is 11.3. The molecule has 0 aromatic heterocycles. The number of aliphatic hydroxyl groups is 1. The van der Waals surface area contributed by atoms with E-state index in [1.54, 1.807) is 6.92 Å². The molecule has 0 heterocycles. The lowest BCUT2D eigenvalue weighted by molar-refractivity contribution is -0.146. The van der Waals surface area contributed by atoms with Crippen LogP contribution in [-0.2, 0) is 9.59 Å². The minimum absolute atomic E-state index is 0.184. The molecule has 0 fully saturated rings. The molecule has 0 saturated carbocycles. The van der Waals surface area contributed by atoms with Crippen molar-refractivity contribution in [2.24, 2.45) is 11.8 Å². The molecule has 0 radical (unpaired) electrons. The van der Waals surface area contributed by atoms with E-state index in [4.69, 9.17) is 10.2 Å². The van der Waals surface area contributed by atoms with Crippen molar-refractivity contribution >= 4 is 11.9 Å². The van der Waals surface area contributed by atoms with Crippen LogP contribution >= 0.6 is 0 Å². The molecule has 0 aromatic rings. The lowest BCUT2D eigenvalue weighted by atomic mass is 9.97. The molecule has 5 nitrogen and oxygen atoms in total. The monoisotopic (exact) mass is 203 g/mol. The fourth-order valence-electron chi connectivity index (χ4n) is 0.748. The fraction of sp³-hybridized carbons (Fsp3) is 0.778. The first-order valence-electron chi connectivity index (χ1n) is 4.54. The second kappa shape index (κ2) is 5.59. The molecule has 0 spiro atoms. The van der Waals surface area contributed by atoms with Gasteiger partial charge in [-0.1, -0.05) is 20.8 Å². The van der Waals surface area contributed by atoms with Gasteiger partial charge < -0.3 is 15.5 Å². The molecule has 0 aliphatic heterocycles. The molecule has 0 aliphatic carbocycles. The van der Waals surface area contributed by atoms with E-state index in [2.05, 4.69) is 5.32 Å². The van der Waals surface area contributed by atoms with Crippen molar-refractivity contribution < 1.29 is 19.8 Å². The van der Waals surface area contributed by atoms with Gasteiger partial charge in [0.15, 0.2) is 6.10 Å². The Bertz CT molecular complexity index is 215. The molecule has 0 aliphatic rings. The van der Waals surface area contributed by atoms with E-state index in [9.17, 15) is 9.59 Å². The van der Waals surface area contributed by atoms with E-state index in [-0.39, 0.29) is 24.3 Å². The molecule has 3 N–H and O–H groups in total. The Kier molecular flexibility index (Phi) is 5.15. The average molecular weight is 203 g/mol. The van der Waals surface area contributed by atoms with Gasteiger partial charge in [0.1, 0.15) is 0 Å². The van der Waals surface area contributed by atoms with Gasteiger partial charge in [0.25, 0.3) is 0 Å². The number of carboxylic acids is 1. The number of carbonyl (C=O) groups is 2. The van der Waals surface area contributed by atoms with Crippen molar-refractivity contribution in [3.63, 3.8) is 0 Å². The number of hydrogen-bond donors (Lipinski definition) is 3. The van der Waals surface area contributed by atoms with Gasteiger partial charge in [0.2, 0.25) is 5.91 Å². The molecule has 82 valence electrons. The van der Waals surface area contributed by atoms with Crippen LogP contribution in [0.3, 0.4) is 0 Å². The highest BCUT2D eigenvalue weighted by Crippen LogP contribution is 2.08. The maximum atomic E-state index is 11.3. The van der Waals surface area contributed by atoms with Crippen molar-refractivity contribution in [1.82, 2.24) is 5.32 Å². The Morgan fingerprint density at radius 2 is 1.79 bits per heavy atom. The van der Waals surface area contributed by atoms with E-state index in [1.165, 1.54) is 0 Å². The zero-order valence-electron chi connectivity index (χ0n) is 8.65. The predicted octanol–water partition coefficient (Wildman–Crippen LogP) is -0.160. The molecule has 0 aromatic carbocycles. The van der Waals surface area contributed by atoms with Crippen LogP contribution in [0.2, 0.25) is 0 Å². The predicted molar refractivity (Wildman–Crippen MR) is 50.7 cm³/mol. The minimum Gasteiger partial charge on any atom is -0.479 e. The van der Waals surface area contributed by atoms with Crippen LogP contribution in [0, 0.1) is 11.8 Å². The molecule has 0 bridgehead atoms. The van der Waals surface area contributed by atoms with Crippen LogP contribution in [0.4, 0.5) is 0 Å². The first-order valence-corrected chi connectivity index (χ1v) is 4.54. The van der Waals surface area contributed by atoms with Gasteiger partial charge >= 0.3 is 5.97 Å². The van der Waals surface area contributed by atoms with Crippen LogP contribution < -0.4 is 5.32 Å². The third kappa shape index (κ3) is 4.23. The number of hydrogen-bond acceptors (Lipinski definition) is 3. The highest BCUT2D eigenvalue weighted by Gasteiger charge is 2.19. The van der Waals surface area contributed by atoms with Gasteiger partial charge in [-0.2, -0.15) is 0 Å². The van der Waals surface area contributed by atoms with Crippen LogP contribution in [-0.4, -0.2) is 34.7 Å². The number of rotatable bonds is 5. The molecule has 0 saturated heterocycles. The van der Waals surface area contributed by atoms with Crippen molar-refractivity contribution in [3.05, 3.63) is 0 Å². The SMILES string of the molecule is CC(C)C(C)C(=O)NC[C@H](O)C(=O)O. The molecular formula is C9H17NO4. The van der Waals surface area contributed by atoms with Crippen LogP contribution in [0.5, 0.6) is 0 Å². The van der Waals surface area contributed by atoms with Crippen molar-refractivity contribution in [1.29, 1.82) is 0 Å². The van der Waals surface area contributed by atoms with Gasteiger partial charge in [-0.25, -0.2) is 4.79 Å². The van der Waals surface area contributed by atoms with Crippen molar-refractivity contribution in [2.75, 3.05) is 6.54 Å². The fourth-order valence-corrected chi connectivity index (χ4v) is 0.748. The summed E-state index contributed by atoms with van der Waals surface area (Å²) in [6.07, 6.45) is -1.53. The summed E-state index contributed by atoms with van der Waals surface area (Å²) < 4.78 is 0. The number of aliphatic carboxylic acids is 1. The van der Waals surface area contributed by atoms with E-state index in [1.807, 2.05) is 13.8 Å². The Hall–Kier alpha value is -1.10. The molecule has 1 amide bonds. The quantitative estimate of drug-likeness (QED) is 0.579. The van der Waals surface area contributed by atoms with E-state index < -0.39 is 12.1 Å². The van der Waals surface area contributed by atoms with Gasteiger partial charge in [-0.15, -0.1) is 0 Å². The smallest absolute Gasteiger partial charge is 0.334 e. The van der Waals surface area contributed by atoms with E-state index in [0.29, 0.717) is 0 Å². The first kappa shape index (κ1) is 12.9. The number of carbonyl (C=O) groups excluding carboxylic acids is 1. The van der Waals surface area contributed by atoms with Gasteiger partial charge in [-0.05, 0) is 5.92 Å². The van der Waals surface area contributed by atoms with Crippen molar-refractivity contribution in [3.8, 4) is 0 Å². The number of amides is 1. The zero-order valence-corrected chi connectivity index (χ0v) is 8.65. The van der Waals surface area contributed by atoms with E-state index >= 15 is 0 Å². The van der Waals surface area contributed by atoms with Crippen molar-refractivity contribution in [2.45, 2.75) is 26.9 Å². The maximum absolute atomic E-state index is 11.3. The summed E-state index contributed by atoms with van der Waals surface area (Å²) in [5.41, 5.74) is 0. The lowest BCUT2D eigenvalue weighted by Gasteiger charge is -2.15. The molecule has 5 heteroatoms. The van der Waals surface area contributed by atoms with Crippen LogP contribution in [0.15, 0.2) is 0 Å².